The topological polar surface area (TPSA) is 86.3 Å². The van der Waals surface area contributed by atoms with Crippen LogP contribution in [0.15, 0.2) is 47.4 Å². The van der Waals surface area contributed by atoms with Gasteiger partial charge in [-0.3, -0.25) is 4.72 Å². The summed E-state index contributed by atoms with van der Waals surface area (Å²) in [6, 6.07) is 9.43. The second-order valence-corrected chi connectivity index (χ2v) is 6.46. The summed E-state index contributed by atoms with van der Waals surface area (Å²) in [4.78, 5) is 10.6. The molecule has 0 heterocycles. The summed E-state index contributed by atoms with van der Waals surface area (Å²) in [5, 5.41) is 10.8. The number of nitrogens with one attached hydrogen (secondary N) is 1. The predicted octanol–water partition coefficient (Wildman–Crippen LogP) is 2.16. The summed E-state index contributed by atoms with van der Waals surface area (Å²) in [7, 11) is -3.99. The van der Waals surface area contributed by atoms with Crippen LogP contribution in [0.25, 0.3) is 0 Å². The summed E-state index contributed by atoms with van der Waals surface area (Å²) in [5.41, 5.74) is -0.0693. The molecule has 0 aliphatic carbocycles. The molecular formula is C13H8Cl2NO4S-. The van der Waals surface area contributed by atoms with Crippen molar-refractivity contribution in [2.24, 2.45) is 0 Å². The quantitative estimate of drug-likeness (QED) is 0.920. The summed E-state index contributed by atoms with van der Waals surface area (Å²) < 4.78 is 26.7. The smallest absolute Gasteiger partial charge is 0.263 e. The van der Waals surface area contributed by atoms with Gasteiger partial charge in [0.2, 0.25) is 0 Å². The minimum absolute atomic E-state index is 0.0766. The number of hydrogen-bond donors (Lipinski definition) is 1. The average Bonchev–Trinajstić information content (AvgIpc) is 2.41. The van der Waals surface area contributed by atoms with Crippen LogP contribution in [0.3, 0.4) is 0 Å². The molecule has 2 aromatic rings. The number of carboxylic acids is 1. The van der Waals surface area contributed by atoms with Crippen molar-refractivity contribution in [3.05, 3.63) is 58.1 Å². The Morgan fingerprint density at radius 2 is 1.76 bits per heavy atom. The van der Waals surface area contributed by atoms with E-state index < -0.39 is 16.0 Å². The van der Waals surface area contributed by atoms with Crippen molar-refractivity contribution in [2.45, 2.75) is 4.90 Å². The Bertz CT molecular complexity index is 806. The van der Waals surface area contributed by atoms with Gasteiger partial charge in [-0.2, -0.15) is 0 Å². The Morgan fingerprint density at radius 1 is 1.10 bits per heavy atom. The van der Waals surface area contributed by atoms with Crippen LogP contribution < -0.4 is 9.83 Å². The van der Waals surface area contributed by atoms with Crippen LogP contribution in [0.5, 0.6) is 0 Å². The maximum Gasteiger partial charge on any atom is 0.263 e. The van der Waals surface area contributed by atoms with Crippen molar-refractivity contribution < 1.29 is 18.3 Å². The van der Waals surface area contributed by atoms with E-state index in [1.165, 1.54) is 36.4 Å². The fraction of sp³-hybridized carbons (Fsp3) is 0. The van der Waals surface area contributed by atoms with Crippen LogP contribution in [0, 0.1) is 0 Å². The van der Waals surface area contributed by atoms with Gasteiger partial charge in [0.25, 0.3) is 10.0 Å². The zero-order chi connectivity index (χ0) is 15.6. The number of sulfonamides is 1. The van der Waals surface area contributed by atoms with E-state index in [1.54, 1.807) is 0 Å². The van der Waals surface area contributed by atoms with Gasteiger partial charge in [-0.25, -0.2) is 8.42 Å². The van der Waals surface area contributed by atoms with Gasteiger partial charge in [0, 0.05) is 5.69 Å². The van der Waals surface area contributed by atoms with E-state index in [0.717, 1.165) is 6.07 Å². The second kappa shape index (κ2) is 5.93. The van der Waals surface area contributed by atoms with Crippen molar-refractivity contribution in [1.82, 2.24) is 0 Å². The first kappa shape index (κ1) is 15.6. The lowest BCUT2D eigenvalue weighted by atomic mass is 10.2. The minimum atomic E-state index is -3.99. The minimum Gasteiger partial charge on any atom is -0.545 e. The number of carbonyl (C=O) groups is 1. The number of anilines is 1. The number of hydrogen-bond acceptors (Lipinski definition) is 4. The first-order valence-corrected chi connectivity index (χ1v) is 7.83. The van der Waals surface area contributed by atoms with Crippen LogP contribution in [0.2, 0.25) is 10.0 Å². The molecule has 0 atom stereocenters. The maximum atomic E-state index is 12.2. The molecule has 8 heteroatoms. The van der Waals surface area contributed by atoms with Gasteiger partial charge in [0.15, 0.2) is 0 Å². The van der Waals surface area contributed by atoms with Gasteiger partial charge < -0.3 is 9.90 Å². The third kappa shape index (κ3) is 3.47. The standard InChI is InChI=1S/C13H9Cl2NO4S/c14-10-5-2-6-11(12(10)15)21(19,20)16-9-4-1-3-8(7-9)13(17)18/h1-7,16H,(H,17,18)/p-1. The van der Waals surface area contributed by atoms with Crippen LogP contribution >= 0.6 is 23.2 Å². The lowest BCUT2D eigenvalue weighted by molar-refractivity contribution is -0.255. The van der Waals surface area contributed by atoms with Crippen molar-refractivity contribution in [3.8, 4) is 0 Å². The Hall–Kier alpha value is -1.76. The zero-order valence-electron chi connectivity index (χ0n) is 10.3. The van der Waals surface area contributed by atoms with Gasteiger partial charge in [0.05, 0.1) is 16.0 Å². The molecule has 0 aliphatic heterocycles. The third-order valence-corrected chi connectivity index (χ3v) is 4.91. The molecule has 0 aliphatic rings. The van der Waals surface area contributed by atoms with Crippen LogP contribution in [0.4, 0.5) is 5.69 Å². The summed E-state index contributed by atoms with van der Waals surface area (Å²) in [5.74, 6) is -1.41. The summed E-state index contributed by atoms with van der Waals surface area (Å²) in [6.45, 7) is 0. The van der Waals surface area contributed by atoms with Crippen LogP contribution in [-0.4, -0.2) is 14.4 Å². The average molecular weight is 345 g/mol. The highest BCUT2D eigenvalue weighted by Crippen LogP contribution is 2.30. The van der Waals surface area contributed by atoms with Gasteiger partial charge in [0.1, 0.15) is 4.90 Å². The molecule has 0 saturated carbocycles. The zero-order valence-corrected chi connectivity index (χ0v) is 12.7. The van der Waals surface area contributed by atoms with E-state index in [-0.39, 0.29) is 26.2 Å². The monoisotopic (exact) mass is 344 g/mol. The Kier molecular flexibility index (Phi) is 4.41. The Balaban J connectivity index is 2.40. The number of carbonyl (C=O) groups excluding carboxylic acids is 1. The molecule has 0 aromatic heterocycles. The molecule has 0 fully saturated rings. The first-order valence-electron chi connectivity index (χ1n) is 5.59. The molecule has 2 aromatic carbocycles. The van der Waals surface area contributed by atoms with E-state index >= 15 is 0 Å². The van der Waals surface area contributed by atoms with Gasteiger partial charge in [-0.15, -0.1) is 0 Å². The maximum absolute atomic E-state index is 12.2. The number of carboxylic acid groups (broad SMARTS) is 1. The molecule has 0 bridgehead atoms. The van der Waals surface area contributed by atoms with E-state index in [2.05, 4.69) is 4.72 Å². The van der Waals surface area contributed by atoms with Crippen molar-refractivity contribution in [1.29, 1.82) is 0 Å². The van der Waals surface area contributed by atoms with E-state index in [0.29, 0.717) is 0 Å². The fourth-order valence-electron chi connectivity index (χ4n) is 1.61. The molecule has 5 nitrogen and oxygen atoms in total. The third-order valence-electron chi connectivity index (χ3n) is 2.56. The SMILES string of the molecule is O=C([O-])c1cccc(NS(=O)(=O)c2cccc(Cl)c2Cl)c1. The molecule has 0 saturated heterocycles. The largest absolute Gasteiger partial charge is 0.545 e. The summed E-state index contributed by atoms with van der Waals surface area (Å²) in [6.07, 6.45) is 0. The molecule has 0 amide bonds. The molecule has 21 heavy (non-hydrogen) atoms. The van der Waals surface area contributed by atoms with Gasteiger partial charge >= 0.3 is 0 Å². The lowest BCUT2D eigenvalue weighted by Crippen LogP contribution is -2.22. The molecule has 110 valence electrons. The van der Waals surface area contributed by atoms with Crippen molar-refractivity contribution >= 4 is 44.9 Å². The highest BCUT2D eigenvalue weighted by atomic mass is 35.5. The molecule has 0 spiro atoms. The van der Waals surface area contributed by atoms with Gasteiger partial charge in [-0.05, 0) is 29.8 Å². The number of halogens is 2. The number of rotatable bonds is 4. The van der Waals surface area contributed by atoms with Crippen molar-refractivity contribution in [3.63, 3.8) is 0 Å². The lowest BCUT2D eigenvalue weighted by Gasteiger charge is -2.11. The van der Waals surface area contributed by atoms with E-state index in [4.69, 9.17) is 23.2 Å². The van der Waals surface area contributed by atoms with Crippen molar-refractivity contribution in [2.75, 3.05) is 4.72 Å². The molecule has 0 unspecified atom stereocenters. The molecule has 0 radical (unpaired) electrons. The number of benzene rings is 2. The van der Waals surface area contributed by atoms with E-state index in [1.807, 2.05) is 0 Å². The first-order chi connectivity index (χ1) is 9.81. The summed E-state index contributed by atoms with van der Waals surface area (Å²) >= 11 is 11.6. The predicted molar refractivity (Wildman–Crippen MR) is 78.0 cm³/mol. The normalized spacial score (nSPS) is 11.1. The highest BCUT2D eigenvalue weighted by molar-refractivity contribution is 7.92. The fourth-order valence-corrected chi connectivity index (χ4v) is 3.42. The molecule has 2 rings (SSSR count). The Morgan fingerprint density at radius 3 is 2.43 bits per heavy atom. The second-order valence-electron chi connectivity index (χ2n) is 4.03. The Labute approximate surface area is 131 Å². The number of aromatic carboxylic acids is 1. The van der Waals surface area contributed by atoms with Crippen LogP contribution in [0.1, 0.15) is 10.4 Å². The van der Waals surface area contributed by atoms with Gasteiger partial charge in [-0.1, -0.05) is 41.4 Å². The highest BCUT2D eigenvalue weighted by Gasteiger charge is 2.19. The molecule has 1 N–H and O–H groups in total. The van der Waals surface area contributed by atoms with Crippen LogP contribution in [-0.2, 0) is 10.0 Å². The molecular weight excluding hydrogens is 337 g/mol. The van der Waals surface area contributed by atoms with E-state index in [9.17, 15) is 18.3 Å².